The molecule has 0 saturated heterocycles. The molecule has 0 radical (unpaired) electrons. The van der Waals surface area contributed by atoms with Gasteiger partial charge in [-0.1, -0.05) is 58.6 Å². The summed E-state index contributed by atoms with van der Waals surface area (Å²) in [6.07, 6.45) is 13.4. The molecule has 2 atom stereocenters. The van der Waals surface area contributed by atoms with Crippen molar-refractivity contribution in [2.24, 2.45) is 11.3 Å². The molecule has 1 fully saturated rings. The highest BCUT2D eigenvalue weighted by Gasteiger charge is 2.43. The van der Waals surface area contributed by atoms with Crippen LogP contribution in [0.1, 0.15) is 97.8 Å². The summed E-state index contributed by atoms with van der Waals surface area (Å²) in [5.74, 6) is -0.664. The van der Waals surface area contributed by atoms with Gasteiger partial charge in [-0.05, 0) is 50.4 Å². The topological polar surface area (TPSA) is 72.8 Å². The molecule has 0 amide bonds. The standard InChI is InChI=1S/C25H44O5/c1-6-7-16-24(2,3)19-15-21(26)22(29-4)14-10-8-9-13-20(23(27)30-5)25(28)17-11-12-18-25/h8,10,20,22,28H,6-7,9,11-19H2,1-5H3/t20-,22?/m1/s1. The van der Waals surface area contributed by atoms with Gasteiger partial charge in [-0.2, -0.15) is 0 Å². The lowest BCUT2D eigenvalue weighted by molar-refractivity contribution is -0.156. The van der Waals surface area contributed by atoms with Gasteiger partial charge in [0.05, 0.1) is 18.6 Å². The maximum absolute atomic E-state index is 12.6. The van der Waals surface area contributed by atoms with Gasteiger partial charge in [-0.25, -0.2) is 0 Å². The van der Waals surface area contributed by atoms with Crippen LogP contribution < -0.4 is 0 Å². The maximum atomic E-state index is 12.6. The highest BCUT2D eigenvalue weighted by atomic mass is 16.5. The van der Waals surface area contributed by atoms with Gasteiger partial charge < -0.3 is 14.6 Å². The van der Waals surface area contributed by atoms with Gasteiger partial charge in [0.1, 0.15) is 6.10 Å². The van der Waals surface area contributed by atoms with Crippen molar-refractivity contribution in [2.75, 3.05) is 14.2 Å². The Morgan fingerprint density at radius 1 is 1.13 bits per heavy atom. The molecular formula is C25H44O5. The zero-order valence-electron chi connectivity index (χ0n) is 19.9. The summed E-state index contributed by atoms with van der Waals surface area (Å²) < 4.78 is 10.3. The third kappa shape index (κ3) is 8.89. The van der Waals surface area contributed by atoms with Crippen LogP contribution in [0.3, 0.4) is 0 Å². The van der Waals surface area contributed by atoms with Crippen LogP contribution in [-0.4, -0.2) is 42.8 Å². The first kappa shape index (κ1) is 26.8. The molecule has 5 heteroatoms. The molecule has 5 nitrogen and oxygen atoms in total. The summed E-state index contributed by atoms with van der Waals surface area (Å²) >= 11 is 0. The van der Waals surface area contributed by atoms with Gasteiger partial charge in [0.2, 0.25) is 0 Å². The summed E-state index contributed by atoms with van der Waals surface area (Å²) in [5.41, 5.74) is -0.750. The lowest BCUT2D eigenvalue weighted by Gasteiger charge is -2.30. The predicted octanol–water partition coefficient (Wildman–Crippen LogP) is 5.39. The molecule has 0 aromatic carbocycles. The molecule has 0 bridgehead atoms. The largest absolute Gasteiger partial charge is 0.469 e. The van der Waals surface area contributed by atoms with E-state index in [1.165, 1.54) is 20.0 Å². The Kier molecular flexibility index (Phi) is 11.9. The van der Waals surface area contributed by atoms with Crippen molar-refractivity contribution in [2.45, 2.75) is 110 Å². The second kappa shape index (κ2) is 13.3. The maximum Gasteiger partial charge on any atom is 0.311 e. The van der Waals surface area contributed by atoms with Crippen molar-refractivity contribution in [1.29, 1.82) is 0 Å². The second-order valence-corrected chi connectivity index (χ2v) is 9.63. The summed E-state index contributed by atoms with van der Waals surface area (Å²) in [6.45, 7) is 6.65. The number of hydrogen-bond acceptors (Lipinski definition) is 5. The minimum atomic E-state index is -0.934. The number of methoxy groups -OCH3 is 2. The van der Waals surface area contributed by atoms with E-state index in [1.54, 1.807) is 7.11 Å². The van der Waals surface area contributed by atoms with Gasteiger partial charge in [0.15, 0.2) is 5.78 Å². The fourth-order valence-corrected chi connectivity index (χ4v) is 4.45. The number of carbonyl (C=O) groups is 2. The lowest BCUT2D eigenvalue weighted by atomic mass is 9.81. The molecule has 1 saturated carbocycles. The third-order valence-corrected chi connectivity index (χ3v) is 6.64. The van der Waals surface area contributed by atoms with Crippen LogP contribution >= 0.6 is 0 Å². The first-order valence-corrected chi connectivity index (χ1v) is 11.7. The molecule has 30 heavy (non-hydrogen) atoms. The average Bonchev–Trinajstić information content (AvgIpc) is 3.16. The number of Topliss-reactive ketones (excluding diaryl/α,β-unsaturated/α-hetero) is 1. The van der Waals surface area contributed by atoms with E-state index in [-0.39, 0.29) is 17.2 Å². The number of hydrogen-bond donors (Lipinski definition) is 1. The summed E-state index contributed by atoms with van der Waals surface area (Å²) in [5, 5.41) is 10.8. The van der Waals surface area contributed by atoms with E-state index >= 15 is 0 Å². The molecule has 0 aliphatic heterocycles. The van der Waals surface area contributed by atoms with E-state index in [9.17, 15) is 14.7 Å². The van der Waals surface area contributed by atoms with Gasteiger partial charge in [0, 0.05) is 13.5 Å². The van der Waals surface area contributed by atoms with E-state index in [0.29, 0.717) is 38.5 Å². The van der Waals surface area contributed by atoms with Gasteiger partial charge in [0.25, 0.3) is 0 Å². The number of carbonyl (C=O) groups excluding carboxylic acids is 2. The molecule has 0 aromatic rings. The predicted molar refractivity (Wildman–Crippen MR) is 120 cm³/mol. The van der Waals surface area contributed by atoms with Crippen LogP contribution in [0, 0.1) is 11.3 Å². The SMILES string of the molecule is CCCCC(C)(C)CCC(=O)C(CC=CCC[C@H](C(=O)OC)C1(O)CCCC1)OC. The molecule has 0 heterocycles. The van der Waals surface area contributed by atoms with E-state index in [4.69, 9.17) is 9.47 Å². The fourth-order valence-electron chi connectivity index (χ4n) is 4.45. The Hall–Kier alpha value is -1.20. The number of ketones is 1. The molecular weight excluding hydrogens is 380 g/mol. The second-order valence-electron chi connectivity index (χ2n) is 9.63. The van der Waals surface area contributed by atoms with Gasteiger partial charge >= 0.3 is 5.97 Å². The number of esters is 1. The lowest BCUT2D eigenvalue weighted by Crippen LogP contribution is -2.40. The van der Waals surface area contributed by atoms with Crippen LogP contribution in [0.4, 0.5) is 0 Å². The fraction of sp³-hybridized carbons (Fsp3) is 0.840. The van der Waals surface area contributed by atoms with Crippen molar-refractivity contribution in [3.63, 3.8) is 0 Å². The van der Waals surface area contributed by atoms with Crippen molar-refractivity contribution < 1.29 is 24.2 Å². The van der Waals surface area contributed by atoms with E-state index < -0.39 is 17.6 Å². The van der Waals surface area contributed by atoms with Gasteiger partial charge in [-0.3, -0.25) is 9.59 Å². The van der Waals surface area contributed by atoms with Crippen molar-refractivity contribution in [3.05, 3.63) is 12.2 Å². The highest BCUT2D eigenvalue weighted by molar-refractivity contribution is 5.83. The highest BCUT2D eigenvalue weighted by Crippen LogP contribution is 2.38. The zero-order chi connectivity index (χ0) is 22.6. The Balaban J connectivity index is 2.47. The third-order valence-electron chi connectivity index (χ3n) is 6.64. The molecule has 1 rings (SSSR count). The average molecular weight is 425 g/mol. The Labute approximate surface area is 183 Å². The first-order chi connectivity index (χ1) is 14.2. The van der Waals surface area contributed by atoms with Crippen LogP contribution in [-0.2, 0) is 19.1 Å². The molecule has 1 unspecified atom stereocenters. The molecule has 0 aromatic heterocycles. The van der Waals surface area contributed by atoms with Crippen LogP contribution in [0.15, 0.2) is 12.2 Å². The minimum absolute atomic E-state index is 0.152. The van der Waals surface area contributed by atoms with E-state index in [2.05, 4.69) is 20.8 Å². The molecule has 1 N–H and O–H groups in total. The van der Waals surface area contributed by atoms with Gasteiger partial charge in [-0.15, -0.1) is 0 Å². The summed E-state index contributed by atoms with van der Waals surface area (Å²) in [4.78, 5) is 24.7. The molecule has 0 spiro atoms. The van der Waals surface area contributed by atoms with Crippen LogP contribution in [0.25, 0.3) is 0 Å². The Bertz CT molecular complexity index is 546. The number of aliphatic hydroxyl groups is 1. The first-order valence-electron chi connectivity index (χ1n) is 11.7. The summed E-state index contributed by atoms with van der Waals surface area (Å²) in [6, 6.07) is 0. The van der Waals surface area contributed by atoms with Crippen molar-refractivity contribution in [1.82, 2.24) is 0 Å². The molecule has 174 valence electrons. The summed E-state index contributed by atoms with van der Waals surface area (Å²) in [7, 11) is 2.96. The van der Waals surface area contributed by atoms with Crippen LogP contribution in [0.5, 0.6) is 0 Å². The molecule has 1 aliphatic carbocycles. The number of ether oxygens (including phenoxy) is 2. The van der Waals surface area contributed by atoms with Crippen molar-refractivity contribution >= 4 is 11.8 Å². The number of allylic oxidation sites excluding steroid dienone is 1. The molecule has 1 aliphatic rings. The van der Waals surface area contributed by atoms with Crippen molar-refractivity contribution in [3.8, 4) is 0 Å². The number of rotatable bonds is 15. The minimum Gasteiger partial charge on any atom is -0.469 e. The zero-order valence-corrected chi connectivity index (χ0v) is 19.9. The smallest absolute Gasteiger partial charge is 0.311 e. The van der Waals surface area contributed by atoms with Crippen LogP contribution in [0.2, 0.25) is 0 Å². The Morgan fingerprint density at radius 3 is 2.37 bits per heavy atom. The Morgan fingerprint density at radius 2 is 1.80 bits per heavy atom. The van der Waals surface area contributed by atoms with E-state index in [1.807, 2.05) is 12.2 Å². The van der Waals surface area contributed by atoms with E-state index in [0.717, 1.165) is 25.7 Å². The quantitative estimate of drug-likeness (QED) is 0.282. The monoisotopic (exact) mass is 424 g/mol. The number of unbranched alkanes of at least 4 members (excludes halogenated alkanes) is 1. The normalized spacial score (nSPS) is 18.5.